The lowest BCUT2D eigenvalue weighted by Gasteiger charge is -2.18. The van der Waals surface area contributed by atoms with E-state index in [0.717, 1.165) is 28.9 Å². The SMILES string of the molecule is Cc1ccnc(-c2nc3c(c(NN)n2)COCC3)c1. The Morgan fingerprint density at radius 3 is 3.05 bits per heavy atom. The van der Waals surface area contributed by atoms with Crippen LogP contribution < -0.4 is 11.3 Å². The Morgan fingerprint density at radius 2 is 2.26 bits per heavy atom. The number of nitrogen functional groups attached to an aromatic ring is 1. The molecule has 6 heteroatoms. The minimum absolute atomic E-state index is 0.496. The summed E-state index contributed by atoms with van der Waals surface area (Å²) in [6, 6.07) is 3.90. The van der Waals surface area contributed by atoms with Crippen LogP contribution in [-0.4, -0.2) is 21.6 Å². The number of hydrogen-bond acceptors (Lipinski definition) is 6. The smallest absolute Gasteiger partial charge is 0.180 e. The van der Waals surface area contributed by atoms with Crippen LogP contribution in [0, 0.1) is 6.92 Å². The van der Waals surface area contributed by atoms with Crippen LogP contribution in [0.4, 0.5) is 5.82 Å². The topological polar surface area (TPSA) is 86.0 Å². The van der Waals surface area contributed by atoms with Gasteiger partial charge < -0.3 is 10.2 Å². The van der Waals surface area contributed by atoms with Crippen molar-refractivity contribution in [3.8, 4) is 11.5 Å². The molecule has 0 unspecified atom stereocenters. The summed E-state index contributed by atoms with van der Waals surface area (Å²) >= 11 is 0. The van der Waals surface area contributed by atoms with Gasteiger partial charge in [-0.2, -0.15) is 0 Å². The maximum Gasteiger partial charge on any atom is 0.180 e. The van der Waals surface area contributed by atoms with E-state index in [2.05, 4.69) is 20.4 Å². The van der Waals surface area contributed by atoms with Crippen molar-refractivity contribution in [2.75, 3.05) is 12.0 Å². The number of nitrogens with one attached hydrogen (secondary N) is 1. The van der Waals surface area contributed by atoms with Crippen molar-refractivity contribution in [3.63, 3.8) is 0 Å². The van der Waals surface area contributed by atoms with Gasteiger partial charge in [0.1, 0.15) is 11.5 Å². The number of aryl methyl sites for hydroxylation is 1. The molecule has 3 N–H and O–H groups in total. The third kappa shape index (κ3) is 2.27. The van der Waals surface area contributed by atoms with Gasteiger partial charge >= 0.3 is 0 Å². The predicted molar refractivity (Wildman–Crippen MR) is 71.2 cm³/mol. The summed E-state index contributed by atoms with van der Waals surface area (Å²) in [6.07, 6.45) is 2.53. The Balaban J connectivity index is 2.12. The number of hydrogen-bond donors (Lipinski definition) is 2. The van der Waals surface area contributed by atoms with Crippen LogP contribution in [-0.2, 0) is 17.8 Å². The minimum Gasteiger partial charge on any atom is -0.376 e. The second kappa shape index (κ2) is 4.91. The molecule has 1 aliphatic heterocycles. The van der Waals surface area contributed by atoms with Crippen molar-refractivity contribution in [1.82, 2.24) is 15.0 Å². The summed E-state index contributed by atoms with van der Waals surface area (Å²) < 4.78 is 5.41. The van der Waals surface area contributed by atoms with E-state index < -0.39 is 0 Å². The summed E-state index contributed by atoms with van der Waals surface area (Å²) in [6.45, 7) is 3.19. The summed E-state index contributed by atoms with van der Waals surface area (Å²) in [4.78, 5) is 13.3. The van der Waals surface area contributed by atoms with E-state index in [4.69, 9.17) is 10.6 Å². The van der Waals surface area contributed by atoms with Crippen LogP contribution in [0.1, 0.15) is 16.8 Å². The average molecular weight is 257 g/mol. The van der Waals surface area contributed by atoms with Gasteiger partial charge in [-0.25, -0.2) is 15.8 Å². The second-order valence-corrected chi connectivity index (χ2v) is 4.49. The van der Waals surface area contributed by atoms with E-state index in [1.165, 1.54) is 0 Å². The van der Waals surface area contributed by atoms with Gasteiger partial charge in [-0.15, -0.1) is 0 Å². The van der Waals surface area contributed by atoms with Crippen molar-refractivity contribution in [2.45, 2.75) is 20.0 Å². The third-order valence-electron chi connectivity index (χ3n) is 3.10. The van der Waals surface area contributed by atoms with Crippen LogP contribution >= 0.6 is 0 Å². The normalized spacial score (nSPS) is 14.0. The Labute approximate surface area is 111 Å². The number of anilines is 1. The largest absolute Gasteiger partial charge is 0.376 e. The van der Waals surface area contributed by atoms with Crippen LogP contribution in [0.25, 0.3) is 11.5 Å². The van der Waals surface area contributed by atoms with Crippen LogP contribution in [0.3, 0.4) is 0 Å². The number of hydrazine groups is 1. The number of nitrogens with two attached hydrogens (primary N) is 1. The Kier molecular flexibility index (Phi) is 3.10. The molecule has 6 nitrogen and oxygen atoms in total. The van der Waals surface area contributed by atoms with Crippen molar-refractivity contribution in [2.24, 2.45) is 5.84 Å². The molecule has 3 rings (SSSR count). The van der Waals surface area contributed by atoms with Gasteiger partial charge in [0.25, 0.3) is 0 Å². The second-order valence-electron chi connectivity index (χ2n) is 4.49. The highest BCUT2D eigenvalue weighted by molar-refractivity contribution is 5.57. The van der Waals surface area contributed by atoms with Gasteiger partial charge in [-0.3, -0.25) is 4.98 Å². The molecule has 19 heavy (non-hydrogen) atoms. The first-order valence-corrected chi connectivity index (χ1v) is 6.15. The molecule has 98 valence electrons. The third-order valence-corrected chi connectivity index (χ3v) is 3.10. The molecule has 0 saturated heterocycles. The Morgan fingerprint density at radius 1 is 1.37 bits per heavy atom. The molecule has 0 aromatic carbocycles. The maximum absolute atomic E-state index is 5.53. The number of aromatic nitrogens is 3. The highest BCUT2D eigenvalue weighted by Gasteiger charge is 2.18. The average Bonchev–Trinajstić information content (AvgIpc) is 2.46. The zero-order valence-electron chi connectivity index (χ0n) is 10.7. The van der Waals surface area contributed by atoms with Gasteiger partial charge in [-0.05, 0) is 24.6 Å². The molecule has 2 aromatic heterocycles. The first kappa shape index (κ1) is 12.0. The molecule has 2 aromatic rings. The monoisotopic (exact) mass is 257 g/mol. The van der Waals surface area contributed by atoms with Gasteiger partial charge in [0, 0.05) is 18.2 Å². The van der Waals surface area contributed by atoms with Gasteiger partial charge in [0.05, 0.1) is 18.9 Å². The molecule has 0 amide bonds. The van der Waals surface area contributed by atoms with Crippen molar-refractivity contribution in [3.05, 3.63) is 35.2 Å². The summed E-state index contributed by atoms with van der Waals surface area (Å²) in [5.74, 6) is 6.74. The molecule has 0 spiro atoms. The number of pyridine rings is 1. The Bertz CT molecular complexity index is 597. The fraction of sp³-hybridized carbons (Fsp3) is 0.308. The molecular formula is C13H15N5O. The van der Waals surface area contributed by atoms with E-state index in [-0.39, 0.29) is 0 Å². The number of rotatable bonds is 2. The summed E-state index contributed by atoms with van der Waals surface area (Å²) in [5.41, 5.74) is 6.41. The molecule has 0 saturated carbocycles. The highest BCUT2D eigenvalue weighted by Crippen LogP contribution is 2.24. The standard InChI is InChI=1S/C13H15N5O/c1-8-2-4-15-11(6-8)13-16-10-3-5-19-7-9(10)12(17-13)18-14/h2,4,6H,3,5,7,14H2,1H3,(H,16,17,18). The molecule has 3 heterocycles. The summed E-state index contributed by atoms with van der Waals surface area (Å²) in [7, 11) is 0. The molecular weight excluding hydrogens is 242 g/mol. The van der Waals surface area contributed by atoms with E-state index in [9.17, 15) is 0 Å². The molecule has 0 radical (unpaired) electrons. The Hall–Kier alpha value is -2.05. The molecule has 1 aliphatic rings. The fourth-order valence-electron chi connectivity index (χ4n) is 2.12. The lowest BCUT2D eigenvalue weighted by molar-refractivity contribution is 0.109. The van der Waals surface area contributed by atoms with Gasteiger partial charge in [0.2, 0.25) is 0 Å². The lowest BCUT2D eigenvalue weighted by Crippen LogP contribution is -2.19. The first-order chi connectivity index (χ1) is 9.28. The number of fused-ring (bicyclic) bond motifs is 1. The molecule has 0 atom stereocenters. The molecule has 0 aliphatic carbocycles. The minimum atomic E-state index is 0.496. The van der Waals surface area contributed by atoms with Crippen LogP contribution in [0.5, 0.6) is 0 Å². The number of nitrogens with zero attached hydrogens (tertiary/aromatic N) is 3. The van der Waals surface area contributed by atoms with E-state index >= 15 is 0 Å². The first-order valence-electron chi connectivity index (χ1n) is 6.15. The quantitative estimate of drug-likeness (QED) is 0.621. The van der Waals surface area contributed by atoms with E-state index in [0.29, 0.717) is 24.9 Å². The number of ether oxygens (including phenoxy) is 1. The van der Waals surface area contributed by atoms with Crippen molar-refractivity contribution in [1.29, 1.82) is 0 Å². The molecule has 0 fully saturated rings. The van der Waals surface area contributed by atoms with E-state index in [1.807, 2.05) is 19.1 Å². The zero-order valence-corrected chi connectivity index (χ0v) is 10.7. The van der Waals surface area contributed by atoms with Gasteiger partial charge in [-0.1, -0.05) is 0 Å². The fourth-order valence-corrected chi connectivity index (χ4v) is 2.12. The molecule has 0 bridgehead atoms. The predicted octanol–water partition coefficient (Wildman–Crippen LogP) is 1.21. The highest BCUT2D eigenvalue weighted by atomic mass is 16.5. The zero-order chi connectivity index (χ0) is 13.2. The van der Waals surface area contributed by atoms with Crippen LogP contribution in [0.2, 0.25) is 0 Å². The van der Waals surface area contributed by atoms with Gasteiger partial charge in [0.15, 0.2) is 5.82 Å². The maximum atomic E-state index is 5.53. The van der Waals surface area contributed by atoms with Crippen LogP contribution in [0.15, 0.2) is 18.3 Å². The van der Waals surface area contributed by atoms with Crippen molar-refractivity contribution < 1.29 is 4.74 Å². The van der Waals surface area contributed by atoms with Crippen molar-refractivity contribution >= 4 is 5.82 Å². The van der Waals surface area contributed by atoms with E-state index in [1.54, 1.807) is 6.20 Å². The summed E-state index contributed by atoms with van der Waals surface area (Å²) in [5, 5.41) is 0. The lowest BCUT2D eigenvalue weighted by atomic mass is 10.1.